The molecule has 0 bridgehead atoms. The lowest BCUT2D eigenvalue weighted by atomic mass is 10.1. The van der Waals surface area contributed by atoms with E-state index in [9.17, 15) is 5.11 Å². The smallest absolute Gasteiger partial charge is 0.194 e. The van der Waals surface area contributed by atoms with Gasteiger partial charge in [-0.3, -0.25) is 0 Å². The minimum Gasteiger partial charge on any atom is -0.449 e. The third kappa shape index (κ3) is 3.07. The lowest BCUT2D eigenvalue weighted by molar-refractivity contribution is 0.194. The van der Waals surface area contributed by atoms with Crippen LogP contribution in [0, 0.1) is 5.92 Å². The number of nitrogens with zero attached hydrogens (tertiary/aromatic N) is 2. The summed E-state index contributed by atoms with van der Waals surface area (Å²) in [7, 11) is 0. The topological polar surface area (TPSA) is 49.5 Å². The van der Waals surface area contributed by atoms with Crippen LogP contribution in [0.15, 0.2) is 10.7 Å². The molecule has 2 heterocycles. The standard InChI is InChI=1S/C13H22N2O2/c1-9(2)15-5-4-11(7-15)6-13-14-12(8-17-13)10(3)16/h8-11,16H,4-7H2,1-3H3. The molecule has 1 fully saturated rings. The van der Waals surface area contributed by atoms with Crippen molar-refractivity contribution in [3.8, 4) is 0 Å². The summed E-state index contributed by atoms with van der Waals surface area (Å²) in [5.41, 5.74) is 0.638. The van der Waals surface area contributed by atoms with E-state index in [4.69, 9.17) is 4.42 Å². The molecule has 0 radical (unpaired) electrons. The van der Waals surface area contributed by atoms with Crippen molar-refractivity contribution in [2.45, 2.75) is 45.8 Å². The highest BCUT2D eigenvalue weighted by atomic mass is 16.3. The monoisotopic (exact) mass is 238 g/mol. The van der Waals surface area contributed by atoms with E-state index in [1.807, 2.05) is 0 Å². The second kappa shape index (κ2) is 5.19. The molecule has 1 aliphatic rings. The average Bonchev–Trinajstić information content (AvgIpc) is 2.87. The number of aliphatic hydroxyl groups is 1. The van der Waals surface area contributed by atoms with Crippen molar-refractivity contribution < 1.29 is 9.52 Å². The van der Waals surface area contributed by atoms with Crippen LogP contribution in [0.5, 0.6) is 0 Å². The highest BCUT2D eigenvalue weighted by Crippen LogP contribution is 2.23. The molecule has 4 heteroatoms. The van der Waals surface area contributed by atoms with Gasteiger partial charge in [-0.05, 0) is 39.7 Å². The molecule has 0 spiro atoms. The Morgan fingerprint density at radius 1 is 1.53 bits per heavy atom. The largest absolute Gasteiger partial charge is 0.449 e. The Labute approximate surface area is 103 Å². The molecule has 0 amide bonds. The molecule has 1 aromatic heterocycles. The first-order valence-electron chi connectivity index (χ1n) is 6.42. The van der Waals surface area contributed by atoms with Crippen LogP contribution in [0.3, 0.4) is 0 Å². The first-order chi connectivity index (χ1) is 8.06. The maximum atomic E-state index is 9.38. The Balaban J connectivity index is 1.89. The van der Waals surface area contributed by atoms with Gasteiger partial charge < -0.3 is 14.4 Å². The SMILES string of the molecule is CC(O)c1coc(CC2CCN(C(C)C)C2)n1. The van der Waals surface area contributed by atoms with Crippen LogP contribution in [-0.4, -0.2) is 34.1 Å². The summed E-state index contributed by atoms with van der Waals surface area (Å²) in [6.07, 6.45) is 3.12. The predicted octanol–water partition coefficient (Wildman–Crippen LogP) is 2.00. The molecule has 17 heavy (non-hydrogen) atoms. The van der Waals surface area contributed by atoms with E-state index in [0.717, 1.165) is 18.9 Å². The number of hydrogen-bond acceptors (Lipinski definition) is 4. The molecule has 96 valence electrons. The van der Waals surface area contributed by atoms with Gasteiger partial charge in [-0.2, -0.15) is 0 Å². The van der Waals surface area contributed by atoms with Crippen LogP contribution in [0.25, 0.3) is 0 Å². The summed E-state index contributed by atoms with van der Waals surface area (Å²) >= 11 is 0. The normalized spacial score (nSPS) is 23.5. The Morgan fingerprint density at radius 3 is 2.82 bits per heavy atom. The number of hydrogen-bond donors (Lipinski definition) is 1. The van der Waals surface area contributed by atoms with Crippen molar-refractivity contribution in [1.29, 1.82) is 0 Å². The van der Waals surface area contributed by atoms with E-state index in [2.05, 4.69) is 23.7 Å². The van der Waals surface area contributed by atoms with Crippen molar-refractivity contribution in [2.75, 3.05) is 13.1 Å². The first kappa shape index (κ1) is 12.6. The average molecular weight is 238 g/mol. The van der Waals surface area contributed by atoms with Crippen molar-refractivity contribution >= 4 is 0 Å². The summed E-state index contributed by atoms with van der Waals surface area (Å²) in [5, 5.41) is 9.38. The van der Waals surface area contributed by atoms with Gasteiger partial charge in [0.1, 0.15) is 12.0 Å². The second-order valence-electron chi connectivity index (χ2n) is 5.29. The van der Waals surface area contributed by atoms with Gasteiger partial charge in [0.05, 0.1) is 6.10 Å². The fourth-order valence-corrected chi connectivity index (χ4v) is 2.36. The van der Waals surface area contributed by atoms with Crippen LogP contribution in [0.2, 0.25) is 0 Å². The molecule has 1 N–H and O–H groups in total. The minimum atomic E-state index is -0.539. The van der Waals surface area contributed by atoms with Crippen LogP contribution in [0.4, 0.5) is 0 Å². The van der Waals surface area contributed by atoms with Crippen LogP contribution >= 0.6 is 0 Å². The van der Waals surface area contributed by atoms with E-state index < -0.39 is 6.10 Å². The summed E-state index contributed by atoms with van der Waals surface area (Å²) in [6, 6.07) is 0.623. The Bertz CT molecular complexity index is 360. The van der Waals surface area contributed by atoms with Crippen LogP contribution in [-0.2, 0) is 6.42 Å². The zero-order chi connectivity index (χ0) is 12.4. The Hall–Kier alpha value is -0.870. The highest BCUT2D eigenvalue weighted by molar-refractivity contribution is 5.00. The third-order valence-electron chi connectivity index (χ3n) is 3.51. The summed E-state index contributed by atoms with van der Waals surface area (Å²) in [6.45, 7) is 8.48. The fraction of sp³-hybridized carbons (Fsp3) is 0.769. The van der Waals surface area contributed by atoms with Gasteiger partial charge in [0.2, 0.25) is 0 Å². The minimum absolute atomic E-state index is 0.539. The maximum absolute atomic E-state index is 9.38. The van der Waals surface area contributed by atoms with E-state index in [0.29, 0.717) is 17.7 Å². The second-order valence-corrected chi connectivity index (χ2v) is 5.29. The highest BCUT2D eigenvalue weighted by Gasteiger charge is 2.25. The van der Waals surface area contributed by atoms with Crippen molar-refractivity contribution in [3.05, 3.63) is 17.8 Å². The number of oxazole rings is 1. The molecule has 4 nitrogen and oxygen atoms in total. The molecule has 2 rings (SSSR count). The van der Waals surface area contributed by atoms with E-state index in [1.165, 1.54) is 13.0 Å². The van der Waals surface area contributed by atoms with E-state index >= 15 is 0 Å². The van der Waals surface area contributed by atoms with Gasteiger partial charge >= 0.3 is 0 Å². The molecule has 0 aliphatic carbocycles. The van der Waals surface area contributed by atoms with E-state index in [1.54, 1.807) is 13.2 Å². The van der Waals surface area contributed by atoms with Gasteiger partial charge in [0, 0.05) is 19.0 Å². The molecule has 1 saturated heterocycles. The molecule has 0 aromatic carbocycles. The molecule has 0 saturated carbocycles. The van der Waals surface area contributed by atoms with Gasteiger partial charge in [-0.25, -0.2) is 4.98 Å². The van der Waals surface area contributed by atoms with Crippen molar-refractivity contribution in [3.63, 3.8) is 0 Å². The summed E-state index contributed by atoms with van der Waals surface area (Å²) in [4.78, 5) is 6.80. The van der Waals surface area contributed by atoms with Gasteiger partial charge in [-0.15, -0.1) is 0 Å². The third-order valence-corrected chi connectivity index (χ3v) is 3.51. The molecular weight excluding hydrogens is 216 g/mol. The lowest BCUT2D eigenvalue weighted by Crippen LogP contribution is -2.28. The number of aliphatic hydroxyl groups excluding tert-OH is 1. The maximum Gasteiger partial charge on any atom is 0.194 e. The fourth-order valence-electron chi connectivity index (χ4n) is 2.36. The number of likely N-dealkylation sites (tertiary alicyclic amines) is 1. The predicted molar refractivity (Wildman–Crippen MR) is 65.7 cm³/mol. The van der Waals surface area contributed by atoms with Gasteiger partial charge in [0.25, 0.3) is 0 Å². The lowest BCUT2D eigenvalue weighted by Gasteiger charge is -2.19. The molecule has 1 aliphatic heterocycles. The summed E-state index contributed by atoms with van der Waals surface area (Å²) < 4.78 is 5.39. The molecule has 2 atom stereocenters. The van der Waals surface area contributed by atoms with Crippen molar-refractivity contribution in [1.82, 2.24) is 9.88 Å². The zero-order valence-corrected chi connectivity index (χ0v) is 10.9. The first-order valence-corrected chi connectivity index (χ1v) is 6.42. The number of rotatable bonds is 4. The Kier molecular flexibility index (Phi) is 3.84. The van der Waals surface area contributed by atoms with Crippen LogP contribution in [0.1, 0.15) is 44.9 Å². The Morgan fingerprint density at radius 2 is 2.29 bits per heavy atom. The quantitative estimate of drug-likeness (QED) is 0.871. The van der Waals surface area contributed by atoms with Gasteiger partial charge in [-0.1, -0.05) is 0 Å². The summed E-state index contributed by atoms with van der Waals surface area (Å²) in [5.74, 6) is 1.40. The molecule has 1 aromatic rings. The van der Waals surface area contributed by atoms with Gasteiger partial charge in [0.15, 0.2) is 5.89 Å². The van der Waals surface area contributed by atoms with Crippen LogP contribution < -0.4 is 0 Å². The molecular formula is C13H22N2O2. The zero-order valence-electron chi connectivity index (χ0n) is 10.9. The van der Waals surface area contributed by atoms with E-state index in [-0.39, 0.29) is 0 Å². The number of aromatic nitrogens is 1. The van der Waals surface area contributed by atoms with Crippen molar-refractivity contribution in [2.24, 2.45) is 5.92 Å². The molecule has 2 unspecified atom stereocenters.